The lowest BCUT2D eigenvalue weighted by Crippen LogP contribution is -2.48. The summed E-state index contributed by atoms with van der Waals surface area (Å²) < 4.78 is 1.44. The van der Waals surface area contributed by atoms with Crippen molar-refractivity contribution in [2.75, 3.05) is 13.1 Å². The van der Waals surface area contributed by atoms with Gasteiger partial charge in [0.2, 0.25) is 5.91 Å². The Morgan fingerprint density at radius 3 is 2.92 bits per heavy atom. The van der Waals surface area contributed by atoms with E-state index in [1.165, 1.54) is 17.3 Å². The van der Waals surface area contributed by atoms with Crippen LogP contribution >= 0.6 is 0 Å². The van der Waals surface area contributed by atoms with Gasteiger partial charge in [-0.1, -0.05) is 24.3 Å². The van der Waals surface area contributed by atoms with Crippen LogP contribution in [0.1, 0.15) is 32.1 Å². The summed E-state index contributed by atoms with van der Waals surface area (Å²) in [5, 5.41) is 0.560. The average Bonchev–Trinajstić information content (AvgIpc) is 2.65. The minimum Gasteiger partial charge on any atom is -0.341 e. The molecule has 25 heavy (non-hydrogen) atoms. The van der Waals surface area contributed by atoms with E-state index in [0.29, 0.717) is 10.9 Å². The number of piperidine rings is 1. The molecule has 0 N–H and O–H groups in total. The maximum Gasteiger partial charge on any atom is 0.261 e. The van der Waals surface area contributed by atoms with Crippen molar-refractivity contribution >= 4 is 16.8 Å². The van der Waals surface area contributed by atoms with Gasteiger partial charge in [0, 0.05) is 13.1 Å². The first kappa shape index (κ1) is 16.1. The summed E-state index contributed by atoms with van der Waals surface area (Å²) in [6, 6.07) is 7.25. The molecule has 1 aliphatic carbocycles. The highest BCUT2D eigenvalue weighted by molar-refractivity contribution is 5.79. The van der Waals surface area contributed by atoms with Gasteiger partial charge in [-0.2, -0.15) is 0 Å². The number of aromatic nitrogens is 2. The van der Waals surface area contributed by atoms with Gasteiger partial charge in [0.15, 0.2) is 0 Å². The van der Waals surface area contributed by atoms with Crippen LogP contribution < -0.4 is 5.56 Å². The van der Waals surface area contributed by atoms with E-state index < -0.39 is 0 Å². The summed E-state index contributed by atoms with van der Waals surface area (Å²) in [7, 11) is 0. The van der Waals surface area contributed by atoms with Crippen molar-refractivity contribution < 1.29 is 4.79 Å². The molecule has 1 atom stereocenters. The summed E-state index contributed by atoms with van der Waals surface area (Å²) in [6.07, 6.45) is 11.6. The minimum absolute atomic E-state index is 0.0211. The van der Waals surface area contributed by atoms with Crippen LogP contribution in [-0.2, 0) is 11.3 Å². The molecule has 1 amide bonds. The highest BCUT2D eigenvalue weighted by Crippen LogP contribution is 2.40. The number of nitrogens with zero attached hydrogens (tertiary/aromatic N) is 3. The Labute approximate surface area is 147 Å². The molecule has 4 rings (SSSR count). The van der Waals surface area contributed by atoms with E-state index in [0.717, 1.165) is 38.8 Å². The third kappa shape index (κ3) is 3.11. The largest absolute Gasteiger partial charge is 0.341 e. The lowest BCUT2D eigenvalue weighted by atomic mass is 9.71. The smallest absolute Gasteiger partial charge is 0.261 e. The van der Waals surface area contributed by atoms with Gasteiger partial charge in [0.1, 0.15) is 6.54 Å². The van der Waals surface area contributed by atoms with E-state index in [1.54, 1.807) is 6.07 Å². The number of carbonyl (C=O) groups excluding carboxylic acids is 1. The lowest BCUT2D eigenvalue weighted by Gasteiger charge is -2.44. The zero-order chi connectivity index (χ0) is 17.3. The van der Waals surface area contributed by atoms with Gasteiger partial charge in [-0.15, -0.1) is 0 Å². The number of hydrogen-bond donors (Lipinski definition) is 0. The molecule has 1 saturated heterocycles. The third-order valence-corrected chi connectivity index (χ3v) is 5.61. The fourth-order valence-electron chi connectivity index (χ4n) is 4.20. The second-order valence-corrected chi connectivity index (χ2v) is 7.33. The Kier molecular flexibility index (Phi) is 4.15. The summed E-state index contributed by atoms with van der Waals surface area (Å²) in [5.41, 5.74) is 0.767. The molecule has 0 saturated carbocycles. The summed E-state index contributed by atoms with van der Waals surface area (Å²) >= 11 is 0. The summed E-state index contributed by atoms with van der Waals surface area (Å²) in [4.78, 5) is 31.6. The Morgan fingerprint density at radius 1 is 1.20 bits per heavy atom. The predicted molar refractivity (Wildman–Crippen MR) is 97.2 cm³/mol. The zero-order valence-electron chi connectivity index (χ0n) is 14.4. The molecule has 0 radical (unpaired) electrons. The van der Waals surface area contributed by atoms with E-state index in [1.807, 2.05) is 23.1 Å². The van der Waals surface area contributed by atoms with Crippen LogP contribution in [0.3, 0.4) is 0 Å². The topological polar surface area (TPSA) is 55.2 Å². The van der Waals surface area contributed by atoms with E-state index in [-0.39, 0.29) is 23.4 Å². The number of rotatable bonds is 2. The van der Waals surface area contributed by atoms with Crippen molar-refractivity contribution in [2.24, 2.45) is 5.41 Å². The first-order valence-corrected chi connectivity index (χ1v) is 9.04. The minimum atomic E-state index is -0.147. The standard InChI is InChI=1S/C20H23N3O2/c24-18(22-12-6-11-20(14-22)9-4-1-5-10-20)13-23-15-21-17-8-3-2-7-16(17)19(23)25/h1-4,7-8,15H,5-6,9-14H2. The van der Waals surface area contributed by atoms with Crippen LogP contribution in [0.5, 0.6) is 0 Å². The molecule has 5 heteroatoms. The molecular weight excluding hydrogens is 314 g/mol. The number of hydrogen-bond acceptors (Lipinski definition) is 3. The van der Waals surface area contributed by atoms with Gasteiger partial charge < -0.3 is 4.90 Å². The van der Waals surface area contributed by atoms with Gasteiger partial charge in [0.05, 0.1) is 17.2 Å². The van der Waals surface area contributed by atoms with Gasteiger partial charge in [-0.3, -0.25) is 14.2 Å². The van der Waals surface area contributed by atoms with E-state index in [2.05, 4.69) is 17.1 Å². The Bertz CT molecular complexity index is 886. The van der Waals surface area contributed by atoms with Crippen molar-refractivity contribution in [1.82, 2.24) is 14.5 Å². The Balaban J connectivity index is 1.53. The molecule has 1 unspecified atom stereocenters. The normalized spacial score (nSPS) is 23.3. The monoisotopic (exact) mass is 337 g/mol. The molecule has 1 aliphatic heterocycles. The van der Waals surface area contributed by atoms with E-state index in [4.69, 9.17) is 0 Å². The average molecular weight is 337 g/mol. The van der Waals surface area contributed by atoms with Crippen molar-refractivity contribution in [3.8, 4) is 0 Å². The van der Waals surface area contributed by atoms with Gasteiger partial charge in [-0.25, -0.2) is 4.98 Å². The summed E-state index contributed by atoms with van der Waals surface area (Å²) in [6.45, 7) is 1.68. The fourth-order valence-corrected chi connectivity index (χ4v) is 4.20. The van der Waals surface area contributed by atoms with Crippen molar-refractivity contribution in [3.05, 3.63) is 53.1 Å². The summed E-state index contributed by atoms with van der Waals surface area (Å²) in [5.74, 6) is 0.0211. The highest BCUT2D eigenvalue weighted by atomic mass is 16.2. The molecule has 2 aliphatic rings. The van der Waals surface area contributed by atoms with Crippen LogP contribution in [0.25, 0.3) is 10.9 Å². The van der Waals surface area contributed by atoms with Crippen LogP contribution in [-0.4, -0.2) is 33.4 Å². The fraction of sp³-hybridized carbons (Fsp3) is 0.450. The van der Waals surface area contributed by atoms with E-state index >= 15 is 0 Å². The quantitative estimate of drug-likeness (QED) is 0.792. The molecule has 1 aromatic heterocycles. The maximum absolute atomic E-state index is 12.8. The Morgan fingerprint density at radius 2 is 2.08 bits per heavy atom. The van der Waals surface area contributed by atoms with Crippen molar-refractivity contribution in [3.63, 3.8) is 0 Å². The lowest BCUT2D eigenvalue weighted by molar-refractivity contribution is -0.135. The number of amides is 1. The van der Waals surface area contributed by atoms with Gasteiger partial charge in [0.25, 0.3) is 5.56 Å². The molecular formula is C20H23N3O2. The molecule has 2 heterocycles. The third-order valence-electron chi connectivity index (χ3n) is 5.61. The van der Waals surface area contributed by atoms with Gasteiger partial charge in [-0.05, 0) is 49.7 Å². The number of benzene rings is 1. The van der Waals surface area contributed by atoms with E-state index in [9.17, 15) is 9.59 Å². The molecule has 0 bridgehead atoms. The highest BCUT2D eigenvalue weighted by Gasteiger charge is 2.36. The number of likely N-dealkylation sites (tertiary alicyclic amines) is 1. The SMILES string of the molecule is O=C(Cn1cnc2ccccc2c1=O)N1CCCC2(CC=CCC2)C1. The zero-order valence-corrected chi connectivity index (χ0v) is 14.4. The van der Waals surface area contributed by atoms with Crippen molar-refractivity contribution in [2.45, 2.75) is 38.6 Å². The maximum atomic E-state index is 12.8. The molecule has 5 nitrogen and oxygen atoms in total. The molecule has 2 aromatic rings. The van der Waals surface area contributed by atoms with Crippen LogP contribution in [0, 0.1) is 5.41 Å². The van der Waals surface area contributed by atoms with Crippen LogP contribution in [0.2, 0.25) is 0 Å². The number of fused-ring (bicyclic) bond motifs is 1. The first-order chi connectivity index (χ1) is 12.2. The molecule has 1 aromatic carbocycles. The van der Waals surface area contributed by atoms with Crippen LogP contribution in [0.15, 0.2) is 47.5 Å². The Hall–Kier alpha value is -2.43. The molecule has 130 valence electrons. The predicted octanol–water partition coefficient (Wildman–Crippen LogP) is 2.75. The second-order valence-electron chi connectivity index (χ2n) is 7.33. The first-order valence-electron chi connectivity index (χ1n) is 9.04. The molecule has 1 spiro atoms. The molecule has 1 fully saturated rings. The van der Waals surface area contributed by atoms with Crippen molar-refractivity contribution in [1.29, 1.82) is 0 Å². The number of para-hydroxylation sites is 1. The second kappa shape index (κ2) is 6.47. The van der Waals surface area contributed by atoms with Gasteiger partial charge >= 0.3 is 0 Å². The number of carbonyl (C=O) groups is 1. The van der Waals surface area contributed by atoms with Crippen LogP contribution in [0.4, 0.5) is 0 Å². The number of allylic oxidation sites excluding steroid dienone is 2.